The van der Waals surface area contributed by atoms with E-state index in [4.69, 9.17) is 4.99 Å². The van der Waals surface area contributed by atoms with Gasteiger partial charge in [0.25, 0.3) is 0 Å². The molecule has 0 amide bonds. The van der Waals surface area contributed by atoms with Crippen molar-refractivity contribution < 1.29 is 0 Å². The van der Waals surface area contributed by atoms with Gasteiger partial charge in [-0.2, -0.15) is 0 Å². The third-order valence-electron chi connectivity index (χ3n) is 8.61. The number of aromatic nitrogens is 1. The van der Waals surface area contributed by atoms with Gasteiger partial charge in [-0.05, 0) is 40.0 Å². The summed E-state index contributed by atoms with van der Waals surface area (Å²) in [6.45, 7) is 4.73. The van der Waals surface area contributed by atoms with E-state index in [9.17, 15) is 0 Å². The van der Waals surface area contributed by atoms with Gasteiger partial charge in [0.2, 0.25) is 0 Å². The number of hydrogen-bond donors (Lipinski definition) is 1. The summed E-state index contributed by atoms with van der Waals surface area (Å²) in [5, 5.41) is 6.30. The maximum absolute atomic E-state index is 5.19. The summed E-state index contributed by atoms with van der Waals surface area (Å²) < 4.78 is 2.45. The van der Waals surface area contributed by atoms with Gasteiger partial charge in [-0.1, -0.05) is 129 Å². The second-order valence-electron chi connectivity index (χ2n) is 11.3. The van der Waals surface area contributed by atoms with Crippen molar-refractivity contribution in [3.8, 4) is 11.1 Å². The summed E-state index contributed by atoms with van der Waals surface area (Å²) in [5.41, 5.74) is 9.99. The zero-order valence-corrected chi connectivity index (χ0v) is 22.6. The molecule has 0 saturated carbocycles. The van der Waals surface area contributed by atoms with E-state index in [1.165, 1.54) is 49.6 Å². The highest BCUT2D eigenvalue weighted by molar-refractivity contribution is 6.15. The van der Waals surface area contributed by atoms with E-state index in [2.05, 4.69) is 145 Å². The van der Waals surface area contributed by atoms with Crippen LogP contribution in [0.1, 0.15) is 42.1 Å². The molecule has 8 rings (SSSR count). The van der Waals surface area contributed by atoms with Crippen molar-refractivity contribution in [2.75, 3.05) is 0 Å². The molecule has 0 radical (unpaired) electrons. The van der Waals surface area contributed by atoms with E-state index in [1.807, 2.05) is 6.07 Å². The average Bonchev–Trinajstić information content (AvgIpc) is 3.47. The van der Waals surface area contributed by atoms with Gasteiger partial charge in [0.05, 0.1) is 17.1 Å². The zero-order valence-electron chi connectivity index (χ0n) is 22.6. The summed E-state index contributed by atoms with van der Waals surface area (Å²) in [4.78, 5) is 5.19. The van der Waals surface area contributed by atoms with Gasteiger partial charge >= 0.3 is 0 Å². The van der Waals surface area contributed by atoms with Crippen LogP contribution in [0.15, 0.2) is 132 Å². The largest absolute Gasteiger partial charge is 0.326 e. The van der Waals surface area contributed by atoms with Gasteiger partial charge in [0.15, 0.2) is 0 Å². The van der Waals surface area contributed by atoms with Crippen molar-refractivity contribution in [2.45, 2.75) is 25.3 Å². The van der Waals surface area contributed by atoms with Crippen molar-refractivity contribution in [1.29, 1.82) is 0 Å². The van der Waals surface area contributed by atoms with Crippen LogP contribution in [0.2, 0.25) is 0 Å². The highest BCUT2D eigenvalue weighted by Crippen LogP contribution is 2.52. The molecule has 1 aromatic heterocycles. The topological polar surface area (TPSA) is 29.3 Å². The normalized spacial score (nSPS) is 17.2. The lowest BCUT2D eigenvalue weighted by Gasteiger charge is -2.27. The first-order valence-corrected chi connectivity index (χ1v) is 14.0. The van der Waals surface area contributed by atoms with Crippen LogP contribution >= 0.6 is 0 Å². The standard InChI is InChI=1S/C37H29N3/c1-37(2)30-19-11-9-17-26(30)28-21-22-29-27-18-10-12-20-32(27)40(35(29)34(28)37)33-23-31(24-13-5-3-6-14-24)38-36(39-33)25-15-7-4-8-16-25/h3-23,31H,1-2H3,(H,38,39). The van der Waals surface area contributed by atoms with Crippen LogP contribution in [0.4, 0.5) is 0 Å². The average molecular weight is 516 g/mol. The molecule has 2 aliphatic rings. The molecule has 1 atom stereocenters. The van der Waals surface area contributed by atoms with E-state index in [-0.39, 0.29) is 11.5 Å². The Morgan fingerprint density at radius 2 is 1.38 bits per heavy atom. The van der Waals surface area contributed by atoms with Gasteiger partial charge in [0, 0.05) is 21.8 Å². The molecule has 5 aromatic carbocycles. The van der Waals surface area contributed by atoms with Crippen LogP contribution in [0.5, 0.6) is 0 Å². The fourth-order valence-electron chi connectivity index (χ4n) is 6.78. The first-order chi connectivity index (χ1) is 19.6. The minimum absolute atomic E-state index is 0.106. The van der Waals surface area contributed by atoms with Crippen LogP contribution in [0.25, 0.3) is 38.8 Å². The summed E-state index contributed by atoms with van der Waals surface area (Å²) in [6, 6.07) is 43.2. The number of rotatable bonds is 3. The van der Waals surface area contributed by atoms with E-state index in [1.54, 1.807) is 0 Å². The molecule has 1 aliphatic heterocycles. The summed E-state index contributed by atoms with van der Waals surface area (Å²) in [7, 11) is 0. The maximum Gasteiger partial charge on any atom is 0.134 e. The summed E-state index contributed by atoms with van der Waals surface area (Å²) >= 11 is 0. The molecule has 2 heterocycles. The van der Waals surface area contributed by atoms with E-state index in [0.29, 0.717) is 0 Å². The third kappa shape index (κ3) is 3.27. The molecule has 0 bridgehead atoms. The maximum atomic E-state index is 5.19. The number of nitrogens with one attached hydrogen (secondary N) is 1. The number of hydrogen-bond acceptors (Lipinski definition) is 2. The van der Waals surface area contributed by atoms with Crippen molar-refractivity contribution in [1.82, 2.24) is 9.88 Å². The lowest BCUT2D eigenvalue weighted by atomic mass is 9.81. The molecular formula is C37H29N3. The van der Waals surface area contributed by atoms with Gasteiger partial charge in [-0.3, -0.25) is 9.56 Å². The Morgan fingerprint density at radius 3 is 2.20 bits per heavy atom. The molecule has 0 fully saturated rings. The minimum atomic E-state index is -0.137. The smallest absolute Gasteiger partial charge is 0.134 e. The van der Waals surface area contributed by atoms with Crippen LogP contribution in [0.3, 0.4) is 0 Å². The van der Waals surface area contributed by atoms with Gasteiger partial charge in [-0.25, -0.2) is 0 Å². The number of amidine groups is 1. The van der Waals surface area contributed by atoms with Crippen LogP contribution in [0, 0.1) is 0 Å². The second kappa shape index (κ2) is 8.56. The van der Waals surface area contributed by atoms with Crippen LogP contribution in [-0.2, 0) is 5.41 Å². The minimum Gasteiger partial charge on any atom is -0.326 e. The Balaban J connectivity index is 1.44. The lowest BCUT2D eigenvalue weighted by Crippen LogP contribution is -2.30. The first-order valence-electron chi connectivity index (χ1n) is 14.0. The Labute approximate surface area is 234 Å². The third-order valence-corrected chi connectivity index (χ3v) is 8.61. The Morgan fingerprint density at radius 1 is 0.675 bits per heavy atom. The number of nitrogens with zero attached hydrogens (tertiary/aromatic N) is 2. The summed E-state index contributed by atoms with van der Waals surface area (Å²) in [5.74, 6) is 1.92. The predicted molar refractivity (Wildman–Crippen MR) is 167 cm³/mol. The molecule has 192 valence electrons. The van der Waals surface area contributed by atoms with E-state index >= 15 is 0 Å². The van der Waals surface area contributed by atoms with Crippen molar-refractivity contribution in [3.63, 3.8) is 0 Å². The fourth-order valence-corrected chi connectivity index (χ4v) is 6.78. The van der Waals surface area contributed by atoms with Gasteiger partial charge < -0.3 is 5.32 Å². The van der Waals surface area contributed by atoms with E-state index < -0.39 is 0 Å². The van der Waals surface area contributed by atoms with Gasteiger partial charge in [0.1, 0.15) is 11.7 Å². The predicted octanol–water partition coefficient (Wildman–Crippen LogP) is 8.69. The van der Waals surface area contributed by atoms with E-state index in [0.717, 1.165) is 17.2 Å². The fraction of sp³-hybridized carbons (Fsp3) is 0.108. The van der Waals surface area contributed by atoms with Crippen molar-refractivity contribution in [2.24, 2.45) is 4.99 Å². The molecule has 3 heteroatoms. The number of aliphatic imine (C=N–C) groups is 1. The molecule has 6 aromatic rings. The van der Waals surface area contributed by atoms with Crippen LogP contribution < -0.4 is 5.32 Å². The highest BCUT2D eigenvalue weighted by atomic mass is 15.2. The zero-order chi connectivity index (χ0) is 26.8. The summed E-state index contributed by atoms with van der Waals surface area (Å²) in [6.07, 6.45) is 2.28. The monoisotopic (exact) mass is 515 g/mol. The number of fused-ring (bicyclic) bond motifs is 7. The molecular weight excluding hydrogens is 486 g/mol. The molecule has 3 nitrogen and oxygen atoms in total. The van der Waals surface area contributed by atoms with Crippen LogP contribution in [-0.4, -0.2) is 10.4 Å². The van der Waals surface area contributed by atoms with Gasteiger partial charge in [-0.15, -0.1) is 0 Å². The lowest BCUT2D eigenvalue weighted by molar-refractivity contribution is 0.663. The number of para-hydroxylation sites is 1. The Hall–Kier alpha value is -4.89. The molecule has 1 unspecified atom stereocenters. The molecule has 1 aliphatic carbocycles. The quantitative estimate of drug-likeness (QED) is 0.251. The Kier molecular flexibility index (Phi) is 4.93. The molecule has 0 spiro atoms. The molecule has 1 N–H and O–H groups in total. The SMILES string of the molecule is CC1(C)c2ccccc2-c2ccc3c4ccccc4n(C4=CC(c5ccccc5)N=C(c5ccccc5)N4)c3c21. The first kappa shape index (κ1) is 23.0. The second-order valence-corrected chi connectivity index (χ2v) is 11.3. The Bertz CT molecular complexity index is 1990. The van der Waals surface area contributed by atoms with Crippen molar-refractivity contribution >= 4 is 33.5 Å². The highest BCUT2D eigenvalue weighted by Gasteiger charge is 2.38. The van der Waals surface area contributed by atoms with Crippen molar-refractivity contribution in [3.05, 3.63) is 150 Å². The molecule has 40 heavy (non-hydrogen) atoms. The number of benzene rings is 5. The molecule has 0 saturated heterocycles.